The van der Waals surface area contributed by atoms with Gasteiger partial charge in [0.25, 0.3) is 0 Å². The zero-order valence-corrected chi connectivity index (χ0v) is 11.9. The van der Waals surface area contributed by atoms with Gasteiger partial charge in [-0.05, 0) is 37.3 Å². The molecule has 0 radical (unpaired) electrons. The molecule has 0 bridgehead atoms. The normalized spacial score (nSPS) is 10.9. The number of para-hydroxylation sites is 2. The van der Waals surface area contributed by atoms with Crippen molar-refractivity contribution in [2.75, 3.05) is 5.43 Å². The van der Waals surface area contributed by atoms with Crippen molar-refractivity contribution < 1.29 is 0 Å². The lowest BCUT2D eigenvalue weighted by Crippen LogP contribution is -1.93. The molecule has 0 saturated heterocycles. The fourth-order valence-corrected chi connectivity index (χ4v) is 2.23. The maximum absolute atomic E-state index is 4.27. The predicted molar refractivity (Wildman–Crippen MR) is 88.2 cm³/mol. The van der Waals surface area contributed by atoms with Gasteiger partial charge >= 0.3 is 0 Å². The number of anilines is 1. The number of benzene rings is 2. The average molecular weight is 275 g/mol. The van der Waals surface area contributed by atoms with E-state index >= 15 is 0 Å². The van der Waals surface area contributed by atoms with E-state index in [1.54, 1.807) is 0 Å². The summed E-state index contributed by atoms with van der Waals surface area (Å²) in [5.41, 5.74) is 7.41. The highest BCUT2D eigenvalue weighted by atomic mass is 15.3. The number of hydrogen-bond donors (Lipinski definition) is 1. The van der Waals surface area contributed by atoms with Gasteiger partial charge in [-0.15, -0.1) is 0 Å². The van der Waals surface area contributed by atoms with E-state index in [2.05, 4.69) is 46.4 Å². The molecule has 3 rings (SSSR count). The van der Waals surface area contributed by atoms with E-state index in [1.165, 1.54) is 5.69 Å². The molecule has 0 fully saturated rings. The first-order valence-electron chi connectivity index (χ1n) is 6.91. The molecule has 21 heavy (non-hydrogen) atoms. The Morgan fingerprint density at radius 3 is 2.33 bits per heavy atom. The molecule has 1 N–H and O–H groups in total. The minimum atomic E-state index is 0.980. The lowest BCUT2D eigenvalue weighted by atomic mass is 10.3. The van der Waals surface area contributed by atoms with Crippen molar-refractivity contribution in [2.45, 2.75) is 6.92 Å². The highest BCUT2D eigenvalue weighted by Gasteiger charge is 2.02. The van der Waals surface area contributed by atoms with Crippen LogP contribution in [0.4, 0.5) is 5.69 Å². The van der Waals surface area contributed by atoms with Crippen LogP contribution in [0.1, 0.15) is 11.3 Å². The quantitative estimate of drug-likeness (QED) is 0.560. The van der Waals surface area contributed by atoms with Crippen LogP contribution in [0.5, 0.6) is 0 Å². The smallest absolute Gasteiger partial charge is 0.0561 e. The fraction of sp³-hybridized carbons (Fsp3) is 0.0556. The predicted octanol–water partition coefficient (Wildman–Crippen LogP) is 4.23. The Kier molecular flexibility index (Phi) is 3.83. The van der Waals surface area contributed by atoms with Gasteiger partial charge in [-0.3, -0.25) is 5.43 Å². The number of hydrogen-bond acceptors (Lipinski definition) is 2. The molecule has 0 saturated carbocycles. The van der Waals surface area contributed by atoms with Crippen LogP contribution in [-0.2, 0) is 0 Å². The summed E-state index contributed by atoms with van der Waals surface area (Å²) < 4.78 is 2.16. The van der Waals surface area contributed by atoms with E-state index in [9.17, 15) is 0 Å². The summed E-state index contributed by atoms with van der Waals surface area (Å²) in [6, 6.07) is 22.3. The van der Waals surface area contributed by atoms with Crippen molar-refractivity contribution in [1.82, 2.24) is 4.57 Å². The topological polar surface area (TPSA) is 29.3 Å². The van der Waals surface area contributed by atoms with Gasteiger partial charge in [0.1, 0.15) is 0 Å². The second kappa shape index (κ2) is 6.09. The third kappa shape index (κ3) is 3.20. The summed E-state index contributed by atoms with van der Waals surface area (Å²) in [5.74, 6) is 0. The van der Waals surface area contributed by atoms with E-state index in [-0.39, 0.29) is 0 Å². The number of aryl methyl sites for hydroxylation is 1. The molecule has 3 aromatic rings. The Morgan fingerprint density at radius 2 is 1.62 bits per heavy atom. The van der Waals surface area contributed by atoms with Crippen molar-refractivity contribution in [3.8, 4) is 5.69 Å². The molecule has 0 spiro atoms. The average Bonchev–Trinajstić information content (AvgIpc) is 2.90. The zero-order valence-electron chi connectivity index (χ0n) is 11.9. The molecule has 0 amide bonds. The molecular formula is C18H17N3. The van der Waals surface area contributed by atoms with Gasteiger partial charge in [0.2, 0.25) is 0 Å². The van der Waals surface area contributed by atoms with Gasteiger partial charge in [0.15, 0.2) is 0 Å². The van der Waals surface area contributed by atoms with Crippen molar-refractivity contribution in [3.63, 3.8) is 0 Å². The summed E-state index contributed by atoms with van der Waals surface area (Å²) in [4.78, 5) is 0. The largest absolute Gasteiger partial charge is 0.321 e. The molecule has 1 heterocycles. The van der Waals surface area contributed by atoms with Crippen molar-refractivity contribution in [3.05, 3.63) is 84.2 Å². The third-order valence-corrected chi connectivity index (χ3v) is 3.25. The van der Waals surface area contributed by atoms with E-state index in [0.29, 0.717) is 0 Å². The van der Waals surface area contributed by atoms with Gasteiger partial charge in [0, 0.05) is 23.1 Å². The van der Waals surface area contributed by atoms with Crippen LogP contribution in [0.3, 0.4) is 0 Å². The van der Waals surface area contributed by atoms with Gasteiger partial charge in [-0.1, -0.05) is 36.4 Å². The van der Waals surface area contributed by atoms with E-state index in [0.717, 1.165) is 16.9 Å². The Hall–Kier alpha value is -2.81. The first kappa shape index (κ1) is 13.2. The van der Waals surface area contributed by atoms with Crippen LogP contribution in [0, 0.1) is 6.92 Å². The number of nitrogens with one attached hydrogen (secondary N) is 1. The minimum Gasteiger partial charge on any atom is -0.321 e. The van der Waals surface area contributed by atoms with Gasteiger partial charge in [-0.25, -0.2) is 0 Å². The number of nitrogens with zero attached hydrogens (tertiary/aromatic N) is 2. The molecule has 104 valence electrons. The SMILES string of the molecule is Cc1cc(/C=N\Nc2ccccc2)cn1-c1ccccc1. The van der Waals surface area contributed by atoms with Crippen molar-refractivity contribution >= 4 is 11.9 Å². The summed E-state index contributed by atoms with van der Waals surface area (Å²) in [6.07, 6.45) is 3.92. The van der Waals surface area contributed by atoms with E-state index < -0.39 is 0 Å². The maximum atomic E-state index is 4.27. The Morgan fingerprint density at radius 1 is 0.952 bits per heavy atom. The number of aromatic nitrogens is 1. The van der Waals surface area contributed by atoms with Crippen LogP contribution >= 0.6 is 0 Å². The molecule has 2 aromatic carbocycles. The number of rotatable bonds is 4. The first-order chi connectivity index (χ1) is 10.3. The van der Waals surface area contributed by atoms with Gasteiger partial charge in [-0.2, -0.15) is 5.10 Å². The van der Waals surface area contributed by atoms with Gasteiger partial charge in [0.05, 0.1) is 11.9 Å². The minimum absolute atomic E-state index is 0.980. The Bertz CT molecular complexity index is 728. The van der Waals surface area contributed by atoms with Crippen LogP contribution in [-0.4, -0.2) is 10.8 Å². The molecule has 3 heteroatoms. The molecular weight excluding hydrogens is 258 g/mol. The van der Waals surface area contributed by atoms with Crippen molar-refractivity contribution in [1.29, 1.82) is 0 Å². The molecule has 1 aromatic heterocycles. The molecule has 0 aliphatic carbocycles. The summed E-state index contributed by atoms with van der Waals surface area (Å²) in [5, 5.41) is 4.27. The Labute approximate surface area is 124 Å². The molecule has 0 atom stereocenters. The summed E-state index contributed by atoms with van der Waals surface area (Å²) in [7, 11) is 0. The fourth-order valence-electron chi connectivity index (χ4n) is 2.23. The van der Waals surface area contributed by atoms with E-state index in [4.69, 9.17) is 0 Å². The molecule has 0 unspecified atom stereocenters. The standard InChI is InChI=1S/C18H17N3/c1-15-12-16(13-19-20-17-8-4-2-5-9-17)14-21(15)18-10-6-3-7-11-18/h2-14,20H,1H3/b19-13-. The van der Waals surface area contributed by atoms with Gasteiger partial charge < -0.3 is 4.57 Å². The second-order valence-electron chi connectivity index (χ2n) is 4.86. The first-order valence-corrected chi connectivity index (χ1v) is 6.91. The zero-order chi connectivity index (χ0) is 14.5. The lowest BCUT2D eigenvalue weighted by molar-refractivity contribution is 1.02. The lowest BCUT2D eigenvalue weighted by Gasteiger charge is -2.04. The summed E-state index contributed by atoms with van der Waals surface area (Å²) in [6.45, 7) is 2.09. The van der Waals surface area contributed by atoms with Crippen molar-refractivity contribution in [2.24, 2.45) is 5.10 Å². The monoisotopic (exact) mass is 275 g/mol. The Balaban J connectivity index is 1.75. The second-order valence-corrected chi connectivity index (χ2v) is 4.86. The van der Waals surface area contributed by atoms with Crippen LogP contribution in [0.2, 0.25) is 0 Å². The molecule has 3 nitrogen and oxygen atoms in total. The van der Waals surface area contributed by atoms with Crippen LogP contribution in [0.25, 0.3) is 5.69 Å². The highest BCUT2D eigenvalue weighted by Crippen LogP contribution is 2.14. The molecule has 0 aliphatic rings. The van der Waals surface area contributed by atoms with Crippen LogP contribution in [0.15, 0.2) is 78.0 Å². The highest BCUT2D eigenvalue weighted by molar-refractivity contribution is 5.80. The molecule has 0 aliphatic heterocycles. The summed E-state index contributed by atoms with van der Waals surface area (Å²) >= 11 is 0. The van der Waals surface area contributed by atoms with E-state index in [1.807, 2.05) is 54.7 Å². The third-order valence-electron chi connectivity index (χ3n) is 3.25. The maximum Gasteiger partial charge on any atom is 0.0561 e. The number of hydrazone groups is 1. The van der Waals surface area contributed by atoms with Crippen LogP contribution < -0.4 is 5.43 Å².